The molecule has 0 bridgehead atoms. The predicted molar refractivity (Wildman–Crippen MR) is 203 cm³/mol. The number of hydrogen-bond acceptors (Lipinski definition) is 6. The molecule has 3 aromatic carbocycles. The summed E-state index contributed by atoms with van der Waals surface area (Å²) in [5.74, 6) is 0.769. The van der Waals surface area contributed by atoms with Gasteiger partial charge in [0, 0.05) is 68.8 Å². The number of nitrogens with zero attached hydrogens (tertiary/aromatic N) is 4. The minimum Gasteiger partial charge on any atom is -0.490 e. The molecule has 6 heteroatoms. The summed E-state index contributed by atoms with van der Waals surface area (Å²) in [6.07, 6.45) is 7.78. The van der Waals surface area contributed by atoms with Gasteiger partial charge in [-0.1, -0.05) is 63.6 Å². The van der Waals surface area contributed by atoms with Crippen LogP contribution in [0.15, 0.2) is 90.6 Å². The second-order valence-corrected chi connectivity index (χ2v) is 13.1. The zero-order chi connectivity index (χ0) is 33.7. The summed E-state index contributed by atoms with van der Waals surface area (Å²) in [7, 11) is 0. The minimum atomic E-state index is -0.564. The number of piperidine rings is 1. The van der Waals surface area contributed by atoms with Gasteiger partial charge in [-0.05, 0) is 104 Å². The standard InChI is InChI=1S/C42H56N4O2/c1-5-25-45(26-6-2)36-18-14-33(15-19-36)42(34-16-20-37(21-17-34)46(27-7-3)28-8-4)35-22-29-44(30-23-35)31-38(47)32-48-41-13-9-12-40-39(41)11-10-24-43-40/h9-21,24,38,47H,5-8,22-23,25-32H2,1-4H3. The molecule has 0 saturated carbocycles. The van der Waals surface area contributed by atoms with Crippen molar-refractivity contribution in [3.8, 4) is 5.75 Å². The van der Waals surface area contributed by atoms with Crippen molar-refractivity contribution >= 4 is 27.9 Å². The van der Waals surface area contributed by atoms with Gasteiger partial charge < -0.3 is 19.6 Å². The molecular weight excluding hydrogens is 592 g/mol. The number of anilines is 2. The number of β-amino-alcohol motifs (C(OH)–C–C–N with tert-alkyl or cyclic N) is 1. The molecule has 1 N–H and O–H groups in total. The summed E-state index contributed by atoms with van der Waals surface area (Å²) in [5, 5.41) is 11.9. The molecule has 1 aromatic heterocycles. The molecule has 0 spiro atoms. The number of hydrogen-bond donors (Lipinski definition) is 1. The number of likely N-dealkylation sites (tertiary alicyclic amines) is 1. The number of fused-ring (bicyclic) bond motifs is 1. The first-order valence-corrected chi connectivity index (χ1v) is 18.3. The summed E-state index contributed by atoms with van der Waals surface area (Å²) in [4.78, 5) is 11.8. The number of rotatable bonds is 17. The highest BCUT2D eigenvalue weighted by molar-refractivity contribution is 5.85. The van der Waals surface area contributed by atoms with Crippen molar-refractivity contribution in [1.82, 2.24) is 9.88 Å². The van der Waals surface area contributed by atoms with Crippen molar-refractivity contribution in [2.45, 2.75) is 72.3 Å². The number of pyridine rings is 1. The maximum Gasteiger partial charge on any atom is 0.128 e. The van der Waals surface area contributed by atoms with Crippen LogP contribution < -0.4 is 14.5 Å². The zero-order valence-electron chi connectivity index (χ0n) is 29.7. The fourth-order valence-electron chi connectivity index (χ4n) is 7.07. The molecule has 1 fully saturated rings. The molecule has 2 heterocycles. The molecule has 5 rings (SSSR count). The quantitative estimate of drug-likeness (QED) is 0.124. The normalized spacial score (nSPS) is 14.2. The van der Waals surface area contributed by atoms with Gasteiger partial charge in [-0.3, -0.25) is 9.88 Å². The van der Waals surface area contributed by atoms with E-state index in [1.54, 1.807) is 6.20 Å². The first kappa shape index (κ1) is 35.4. The van der Waals surface area contributed by atoms with Gasteiger partial charge in [-0.2, -0.15) is 0 Å². The van der Waals surface area contributed by atoms with Gasteiger partial charge in [0.25, 0.3) is 0 Å². The average Bonchev–Trinajstić information content (AvgIpc) is 3.12. The SMILES string of the molecule is CCCN(CCC)c1ccc(C(=C2CCN(CC(O)COc3cccc4ncccc34)CC2)c2ccc(N(CCC)CCC)cc2)cc1. The summed E-state index contributed by atoms with van der Waals surface area (Å²) >= 11 is 0. The Bertz CT molecular complexity index is 1500. The Balaban J connectivity index is 1.32. The number of aliphatic hydroxyl groups is 1. The Morgan fingerprint density at radius 3 is 1.79 bits per heavy atom. The van der Waals surface area contributed by atoms with E-state index in [2.05, 4.69) is 95.9 Å². The van der Waals surface area contributed by atoms with Gasteiger partial charge in [0.05, 0.1) is 5.52 Å². The third kappa shape index (κ3) is 9.18. The van der Waals surface area contributed by atoms with Gasteiger partial charge in [0.2, 0.25) is 0 Å². The highest BCUT2D eigenvalue weighted by Crippen LogP contribution is 2.35. The van der Waals surface area contributed by atoms with E-state index < -0.39 is 6.10 Å². The third-order valence-electron chi connectivity index (χ3n) is 9.34. The zero-order valence-corrected chi connectivity index (χ0v) is 29.7. The first-order chi connectivity index (χ1) is 23.5. The second-order valence-electron chi connectivity index (χ2n) is 13.1. The van der Waals surface area contributed by atoms with Gasteiger partial charge in [0.1, 0.15) is 18.5 Å². The minimum absolute atomic E-state index is 0.261. The van der Waals surface area contributed by atoms with Gasteiger partial charge in [0.15, 0.2) is 0 Å². The Morgan fingerprint density at radius 1 is 0.729 bits per heavy atom. The summed E-state index contributed by atoms with van der Waals surface area (Å²) in [6.45, 7) is 16.1. The van der Waals surface area contributed by atoms with E-state index in [0.29, 0.717) is 6.54 Å². The van der Waals surface area contributed by atoms with E-state index in [-0.39, 0.29) is 6.61 Å². The number of ether oxygens (including phenoxy) is 1. The van der Waals surface area contributed by atoms with Gasteiger partial charge in [-0.15, -0.1) is 0 Å². The first-order valence-electron chi connectivity index (χ1n) is 18.3. The molecule has 1 unspecified atom stereocenters. The maximum atomic E-state index is 11.0. The van der Waals surface area contributed by atoms with Crippen LogP contribution >= 0.6 is 0 Å². The van der Waals surface area contributed by atoms with Crippen LogP contribution in [0, 0.1) is 0 Å². The molecule has 1 aliphatic heterocycles. The van der Waals surface area contributed by atoms with E-state index in [1.807, 2.05) is 30.3 Å². The molecule has 48 heavy (non-hydrogen) atoms. The Morgan fingerprint density at radius 2 is 1.27 bits per heavy atom. The van der Waals surface area contributed by atoms with Crippen molar-refractivity contribution in [2.75, 3.05) is 62.2 Å². The molecule has 1 aliphatic rings. The lowest BCUT2D eigenvalue weighted by atomic mass is 9.88. The van der Waals surface area contributed by atoms with Crippen molar-refractivity contribution in [2.24, 2.45) is 0 Å². The van der Waals surface area contributed by atoms with Crippen LogP contribution in [-0.2, 0) is 0 Å². The number of aliphatic hydroxyl groups excluding tert-OH is 1. The van der Waals surface area contributed by atoms with Crippen molar-refractivity contribution in [3.63, 3.8) is 0 Å². The van der Waals surface area contributed by atoms with Crippen molar-refractivity contribution in [3.05, 3.63) is 102 Å². The highest BCUT2D eigenvalue weighted by Gasteiger charge is 2.22. The Kier molecular flexibility index (Phi) is 13.3. The van der Waals surface area contributed by atoms with Crippen LogP contribution in [0.1, 0.15) is 77.3 Å². The molecule has 4 aromatic rings. The average molecular weight is 649 g/mol. The summed E-state index contributed by atoms with van der Waals surface area (Å²) < 4.78 is 6.08. The maximum absolute atomic E-state index is 11.0. The van der Waals surface area contributed by atoms with Crippen LogP contribution in [0.3, 0.4) is 0 Å². The molecule has 1 atom stereocenters. The lowest BCUT2D eigenvalue weighted by molar-refractivity contribution is 0.0661. The predicted octanol–water partition coefficient (Wildman–Crippen LogP) is 8.83. The van der Waals surface area contributed by atoms with Crippen molar-refractivity contribution in [1.29, 1.82) is 0 Å². The summed E-state index contributed by atoms with van der Waals surface area (Å²) in [6, 6.07) is 28.4. The van der Waals surface area contributed by atoms with Crippen LogP contribution in [0.25, 0.3) is 16.5 Å². The van der Waals surface area contributed by atoms with E-state index in [1.165, 1.54) is 33.6 Å². The van der Waals surface area contributed by atoms with Crippen molar-refractivity contribution < 1.29 is 9.84 Å². The van der Waals surface area contributed by atoms with Gasteiger partial charge in [-0.25, -0.2) is 0 Å². The van der Waals surface area contributed by atoms with Crippen LogP contribution in [0.2, 0.25) is 0 Å². The Labute approximate surface area is 289 Å². The fourth-order valence-corrected chi connectivity index (χ4v) is 7.07. The Hall–Kier alpha value is -3.87. The van der Waals surface area contributed by atoms with E-state index in [4.69, 9.17) is 4.74 Å². The monoisotopic (exact) mass is 648 g/mol. The smallest absolute Gasteiger partial charge is 0.128 e. The summed E-state index contributed by atoms with van der Waals surface area (Å²) in [5.41, 5.74) is 8.97. The largest absolute Gasteiger partial charge is 0.490 e. The molecule has 0 aliphatic carbocycles. The lowest BCUT2D eigenvalue weighted by Gasteiger charge is -2.32. The van der Waals surface area contributed by atoms with Crippen LogP contribution in [0.4, 0.5) is 11.4 Å². The van der Waals surface area contributed by atoms with Crippen LogP contribution in [0.5, 0.6) is 5.75 Å². The third-order valence-corrected chi connectivity index (χ3v) is 9.34. The fraction of sp³-hybridized carbons (Fsp3) is 0.452. The molecule has 6 nitrogen and oxygen atoms in total. The molecule has 256 valence electrons. The molecule has 0 radical (unpaired) electrons. The van der Waals surface area contributed by atoms with E-state index >= 15 is 0 Å². The second kappa shape index (κ2) is 18.0. The van der Waals surface area contributed by atoms with Crippen LogP contribution in [-0.4, -0.2) is 73.5 Å². The number of aromatic nitrogens is 1. The lowest BCUT2D eigenvalue weighted by Crippen LogP contribution is -2.39. The van der Waals surface area contributed by atoms with Gasteiger partial charge >= 0.3 is 0 Å². The molecular formula is C42H56N4O2. The topological polar surface area (TPSA) is 52.1 Å². The number of benzene rings is 3. The van der Waals surface area contributed by atoms with E-state index in [9.17, 15) is 5.11 Å². The molecule has 0 amide bonds. The molecule has 1 saturated heterocycles. The van der Waals surface area contributed by atoms with E-state index in [0.717, 1.165) is 94.4 Å². The highest BCUT2D eigenvalue weighted by atomic mass is 16.5.